The lowest BCUT2D eigenvalue weighted by atomic mass is 10.2. The van der Waals surface area contributed by atoms with Crippen LogP contribution in [0.5, 0.6) is 0 Å². The molecule has 1 saturated heterocycles. The SMILES string of the molecule is Cc1c(C(=O)N2CCCN(Cc3nc4ccccc4n3C)CC2)cnn1C. The van der Waals surface area contributed by atoms with Gasteiger partial charge in [-0.2, -0.15) is 5.10 Å². The van der Waals surface area contributed by atoms with Gasteiger partial charge in [0.2, 0.25) is 0 Å². The zero-order valence-corrected chi connectivity index (χ0v) is 16.2. The van der Waals surface area contributed by atoms with Crippen molar-refractivity contribution in [3.05, 3.63) is 47.5 Å². The Kier molecular flexibility index (Phi) is 4.70. The van der Waals surface area contributed by atoms with E-state index in [0.717, 1.165) is 61.7 Å². The summed E-state index contributed by atoms with van der Waals surface area (Å²) < 4.78 is 3.92. The fourth-order valence-corrected chi connectivity index (χ4v) is 3.75. The lowest BCUT2D eigenvalue weighted by Crippen LogP contribution is -2.35. The van der Waals surface area contributed by atoms with E-state index < -0.39 is 0 Å². The predicted octanol–water partition coefficient (Wildman–Crippen LogP) is 1.96. The Balaban J connectivity index is 1.44. The van der Waals surface area contributed by atoms with Gasteiger partial charge in [-0.3, -0.25) is 14.4 Å². The number of rotatable bonds is 3. The summed E-state index contributed by atoms with van der Waals surface area (Å²) in [6, 6.07) is 8.22. The normalized spacial score (nSPS) is 16.0. The number of carbonyl (C=O) groups is 1. The van der Waals surface area contributed by atoms with Gasteiger partial charge in [0, 0.05) is 46.0 Å². The number of benzene rings is 1. The first-order valence-corrected chi connectivity index (χ1v) is 9.45. The second-order valence-corrected chi connectivity index (χ2v) is 7.26. The quantitative estimate of drug-likeness (QED) is 0.711. The van der Waals surface area contributed by atoms with Crippen LogP contribution in [0.4, 0.5) is 0 Å². The highest BCUT2D eigenvalue weighted by Gasteiger charge is 2.23. The van der Waals surface area contributed by atoms with Gasteiger partial charge in [-0.15, -0.1) is 0 Å². The van der Waals surface area contributed by atoms with Crippen LogP contribution in [0.2, 0.25) is 0 Å². The topological polar surface area (TPSA) is 59.2 Å². The van der Waals surface area contributed by atoms with Gasteiger partial charge in [0.25, 0.3) is 5.91 Å². The summed E-state index contributed by atoms with van der Waals surface area (Å²) in [5.74, 6) is 1.16. The summed E-state index contributed by atoms with van der Waals surface area (Å²) in [5.41, 5.74) is 3.82. The minimum Gasteiger partial charge on any atom is -0.337 e. The molecule has 0 bridgehead atoms. The molecule has 2 aromatic heterocycles. The molecule has 7 heteroatoms. The van der Waals surface area contributed by atoms with Gasteiger partial charge in [0.15, 0.2) is 0 Å². The smallest absolute Gasteiger partial charge is 0.257 e. The van der Waals surface area contributed by atoms with Crippen molar-refractivity contribution in [2.45, 2.75) is 19.9 Å². The van der Waals surface area contributed by atoms with Crippen LogP contribution in [0.15, 0.2) is 30.5 Å². The average molecular weight is 366 g/mol. The average Bonchev–Trinajstić information content (AvgIpc) is 3.05. The Labute approximate surface area is 159 Å². The number of imidazole rings is 1. The van der Waals surface area contributed by atoms with Gasteiger partial charge in [0.1, 0.15) is 5.82 Å². The standard InChI is InChI=1S/C20H26N6O/c1-15-16(13-21-24(15)3)20(27)26-10-6-9-25(11-12-26)14-19-22-17-7-4-5-8-18(17)23(19)2/h4-5,7-8,13H,6,9-12,14H2,1-3H3. The third-order valence-corrected chi connectivity index (χ3v) is 5.59. The number of para-hydroxylation sites is 2. The molecule has 1 fully saturated rings. The Morgan fingerprint density at radius 1 is 1.11 bits per heavy atom. The van der Waals surface area contributed by atoms with Gasteiger partial charge in [-0.05, 0) is 25.5 Å². The van der Waals surface area contributed by atoms with Crippen molar-refractivity contribution in [3.63, 3.8) is 0 Å². The second kappa shape index (κ2) is 7.15. The van der Waals surface area contributed by atoms with E-state index in [4.69, 9.17) is 4.98 Å². The lowest BCUT2D eigenvalue weighted by Gasteiger charge is -2.21. The van der Waals surface area contributed by atoms with E-state index in [1.165, 1.54) is 0 Å². The maximum Gasteiger partial charge on any atom is 0.257 e. The molecule has 0 aliphatic carbocycles. The molecule has 4 rings (SSSR count). The van der Waals surface area contributed by atoms with Gasteiger partial charge in [-0.1, -0.05) is 12.1 Å². The molecule has 1 aromatic carbocycles. The van der Waals surface area contributed by atoms with E-state index in [2.05, 4.69) is 33.7 Å². The number of fused-ring (bicyclic) bond motifs is 1. The van der Waals surface area contributed by atoms with Crippen molar-refractivity contribution in [1.82, 2.24) is 29.1 Å². The molecule has 7 nitrogen and oxygen atoms in total. The third kappa shape index (κ3) is 3.35. The van der Waals surface area contributed by atoms with E-state index in [1.54, 1.807) is 10.9 Å². The molecule has 0 atom stereocenters. The minimum absolute atomic E-state index is 0.0881. The summed E-state index contributed by atoms with van der Waals surface area (Å²) >= 11 is 0. The lowest BCUT2D eigenvalue weighted by molar-refractivity contribution is 0.0760. The van der Waals surface area contributed by atoms with Crippen LogP contribution in [0.3, 0.4) is 0 Å². The van der Waals surface area contributed by atoms with E-state index in [1.807, 2.05) is 31.0 Å². The van der Waals surface area contributed by atoms with E-state index in [9.17, 15) is 4.79 Å². The van der Waals surface area contributed by atoms with Gasteiger partial charge in [-0.25, -0.2) is 4.98 Å². The first-order valence-electron chi connectivity index (χ1n) is 9.45. The number of nitrogens with zero attached hydrogens (tertiary/aromatic N) is 6. The Bertz CT molecular complexity index is 972. The van der Waals surface area contributed by atoms with Crippen LogP contribution in [0.1, 0.15) is 28.3 Å². The Morgan fingerprint density at radius 2 is 1.93 bits per heavy atom. The van der Waals surface area contributed by atoms with Crippen LogP contribution in [-0.2, 0) is 20.6 Å². The molecular formula is C20H26N6O. The number of hydrogen-bond acceptors (Lipinski definition) is 4. The summed E-state index contributed by atoms with van der Waals surface area (Å²) in [7, 11) is 3.94. The molecule has 1 amide bonds. The Morgan fingerprint density at radius 3 is 2.67 bits per heavy atom. The third-order valence-electron chi connectivity index (χ3n) is 5.59. The maximum atomic E-state index is 12.9. The highest BCUT2D eigenvalue weighted by atomic mass is 16.2. The molecule has 142 valence electrons. The monoisotopic (exact) mass is 366 g/mol. The second-order valence-electron chi connectivity index (χ2n) is 7.26. The van der Waals surface area contributed by atoms with Crippen LogP contribution in [0.25, 0.3) is 11.0 Å². The van der Waals surface area contributed by atoms with Crippen molar-refractivity contribution in [2.24, 2.45) is 14.1 Å². The fraction of sp³-hybridized carbons (Fsp3) is 0.450. The van der Waals surface area contributed by atoms with Gasteiger partial charge < -0.3 is 9.47 Å². The molecular weight excluding hydrogens is 340 g/mol. The molecule has 0 spiro atoms. The van der Waals surface area contributed by atoms with E-state index in [-0.39, 0.29) is 5.91 Å². The summed E-state index contributed by atoms with van der Waals surface area (Å²) in [6.45, 7) is 6.09. The van der Waals surface area contributed by atoms with Crippen molar-refractivity contribution in [2.75, 3.05) is 26.2 Å². The minimum atomic E-state index is 0.0881. The first-order chi connectivity index (χ1) is 13.0. The molecule has 1 aliphatic heterocycles. The maximum absolute atomic E-state index is 12.9. The molecule has 1 aliphatic rings. The Hall–Kier alpha value is -2.67. The van der Waals surface area contributed by atoms with Gasteiger partial charge >= 0.3 is 0 Å². The van der Waals surface area contributed by atoms with Gasteiger partial charge in [0.05, 0.1) is 29.3 Å². The molecule has 0 saturated carbocycles. The van der Waals surface area contributed by atoms with E-state index in [0.29, 0.717) is 5.56 Å². The van der Waals surface area contributed by atoms with Crippen LogP contribution < -0.4 is 0 Å². The fourth-order valence-electron chi connectivity index (χ4n) is 3.75. The molecule has 0 radical (unpaired) electrons. The molecule has 3 aromatic rings. The number of aryl methyl sites for hydroxylation is 2. The zero-order chi connectivity index (χ0) is 19.0. The van der Waals surface area contributed by atoms with Crippen molar-refractivity contribution >= 4 is 16.9 Å². The van der Waals surface area contributed by atoms with Crippen molar-refractivity contribution in [1.29, 1.82) is 0 Å². The summed E-state index contributed by atoms with van der Waals surface area (Å²) in [5, 5.41) is 4.20. The zero-order valence-electron chi connectivity index (χ0n) is 16.2. The predicted molar refractivity (Wildman–Crippen MR) is 104 cm³/mol. The highest BCUT2D eigenvalue weighted by Crippen LogP contribution is 2.17. The number of carbonyl (C=O) groups excluding carboxylic acids is 1. The molecule has 27 heavy (non-hydrogen) atoms. The summed E-state index contributed by atoms with van der Waals surface area (Å²) in [4.78, 5) is 22.0. The number of hydrogen-bond donors (Lipinski definition) is 0. The molecule has 0 N–H and O–H groups in total. The van der Waals surface area contributed by atoms with E-state index >= 15 is 0 Å². The molecule has 3 heterocycles. The van der Waals surface area contributed by atoms with Crippen molar-refractivity contribution < 1.29 is 4.79 Å². The largest absolute Gasteiger partial charge is 0.337 e. The van der Waals surface area contributed by atoms with Crippen LogP contribution in [-0.4, -0.2) is 61.2 Å². The van der Waals surface area contributed by atoms with Crippen LogP contribution in [0, 0.1) is 6.92 Å². The first kappa shape index (κ1) is 17.7. The van der Waals surface area contributed by atoms with Crippen molar-refractivity contribution in [3.8, 4) is 0 Å². The summed E-state index contributed by atoms with van der Waals surface area (Å²) in [6.07, 6.45) is 2.65. The number of aromatic nitrogens is 4. The molecule has 0 unspecified atom stereocenters. The number of amides is 1. The highest BCUT2D eigenvalue weighted by molar-refractivity contribution is 5.95. The van der Waals surface area contributed by atoms with Crippen LogP contribution >= 0.6 is 0 Å².